The maximum Gasteiger partial charge on any atom is 0.347 e. The zero-order valence-electron chi connectivity index (χ0n) is 8.55. The first-order chi connectivity index (χ1) is 8.11. The fourth-order valence-corrected chi connectivity index (χ4v) is 2.39. The average Bonchev–Trinajstić information content (AvgIpc) is 2.74. The maximum atomic E-state index is 10.9. The number of aromatic carboxylic acids is 1. The zero-order valence-corrected chi connectivity index (χ0v) is 10.1. The standard InChI is InChI=1S/C11H8ClNO3S/c12-7-3-1-6(2-4-7)10-13-8(5-14)9(17-10)11(15)16/h1-4,14H,5H2,(H,15,16). The summed E-state index contributed by atoms with van der Waals surface area (Å²) in [7, 11) is 0. The molecule has 2 rings (SSSR count). The topological polar surface area (TPSA) is 70.4 Å². The van der Waals surface area contributed by atoms with E-state index in [1.54, 1.807) is 24.3 Å². The summed E-state index contributed by atoms with van der Waals surface area (Å²) in [4.78, 5) is 15.1. The first-order valence-corrected chi connectivity index (χ1v) is 5.91. The summed E-state index contributed by atoms with van der Waals surface area (Å²) in [5, 5.41) is 19.1. The smallest absolute Gasteiger partial charge is 0.347 e. The monoisotopic (exact) mass is 269 g/mol. The van der Waals surface area contributed by atoms with Crippen molar-refractivity contribution >= 4 is 28.9 Å². The molecule has 0 aliphatic heterocycles. The Morgan fingerprint density at radius 1 is 1.35 bits per heavy atom. The van der Waals surface area contributed by atoms with Gasteiger partial charge in [-0.3, -0.25) is 0 Å². The SMILES string of the molecule is O=C(O)c1sc(-c2ccc(Cl)cc2)nc1CO. The van der Waals surface area contributed by atoms with Crippen molar-refractivity contribution in [3.05, 3.63) is 39.9 Å². The third-order valence-electron chi connectivity index (χ3n) is 2.13. The lowest BCUT2D eigenvalue weighted by Crippen LogP contribution is -1.98. The van der Waals surface area contributed by atoms with Crippen LogP contribution >= 0.6 is 22.9 Å². The maximum absolute atomic E-state index is 10.9. The highest BCUT2D eigenvalue weighted by Crippen LogP contribution is 2.29. The summed E-state index contributed by atoms with van der Waals surface area (Å²) < 4.78 is 0. The Labute approximate surface area is 106 Å². The third-order valence-corrected chi connectivity index (χ3v) is 3.52. The molecular formula is C11H8ClNO3S. The van der Waals surface area contributed by atoms with E-state index in [0.717, 1.165) is 16.9 Å². The zero-order chi connectivity index (χ0) is 12.4. The number of benzene rings is 1. The number of nitrogens with zero attached hydrogens (tertiary/aromatic N) is 1. The van der Waals surface area contributed by atoms with Gasteiger partial charge in [0.05, 0.1) is 12.3 Å². The number of aliphatic hydroxyl groups is 1. The molecule has 0 atom stereocenters. The second kappa shape index (κ2) is 4.83. The largest absolute Gasteiger partial charge is 0.477 e. The summed E-state index contributed by atoms with van der Waals surface area (Å²) in [6.07, 6.45) is 0. The van der Waals surface area contributed by atoms with Gasteiger partial charge < -0.3 is 10.2 Å². The second-order valence-corrected chi connectivity index (χ2v) is 4.70. The molecule has 0 unspecified atom stereocenters. The second-order valence-electron chi connectivity index (χ2n) is 3.26. The summed E-state index contributed by atoms with van der Waals surface area (Å²) in [5.41, 5.74) is 0.967. The number of hydrogen-bond donors (Lipinski definition) is 2. The van der Waals surface area contributed by atoms with Gasteiger partial charge in [-0.25, -0.2) is 9.78 Å². The molecule has 88 valence electrons. The van der Waals surface area contributed by atoms with Crippen LogP contribution in [0.1, 0.15) is 15.4 Å². The van der Waals surface area contributed by atoms with Gasteiger partial charge in [0.1, 0.15) is 9.88 Å². The lowest BCUT2D eigenvalue weighted by molar-refractivity contribution is 0.0698. The Balaban J connectivity index is 2.46. The van der Waals surface area contributed by atoms with Gasteiger partial charge >= 0.3 is 5.97 Å². The van der Waals surface area contributed by atoms with Crippen molar-refractivity contribution < 1.29 is 15.0 Å². The van der Waals surface area contributed by atoms with Crippen LogP contribution in [0.2, 0.25) is 5.02 Å². The Hall–Kier alpha value is -1.43. The molecule has 2 aromatic rings. The van der Waals surface area contributed by atoms with Gasteiger partial charge in [-0.05, 0) is 12.1 Å². The molecular weight excluding hydrogens is 262 g/mol. The van der Waals surface area contributed by atoms with Crippen LogP contribution in [0.5, 0.6) is 0 Å². The third kappa shape index (κ3) is 2.46. The number of halogens is 1. The normalized spacial score (nSPS) is 10.5. The van der Waals surface area contributed by atoms with E-state index in [-0.39, 0.29) is 17.2 Å². The van der Waals surface area contributed by atoms with Crippen LogP contribution in [0, 0.1) is 0 Å². The molecule has 1 aromatic carbocycles. The van der Waals surface area contributed by atoms with Crippen molar-refractivity contribution in [3.8, 4) is 10.6 Å². The number of aliphatic hydroxyl groups excluding tert-OH is 1. The molecule has 4 nitrogen and oxygen atoms in total. The van der Waals surface area contributed by atoms with Crippen LogP contribution < -0.4 is 0 Å². The number of aromatic nitrogens is 1. The number of carboxylic acids is 1. The van der Waals surface area contributed by atoms with Crippen molar-refractivity contribution in [2.24, 2.45) is 0 Å². The molecule has 0 amide bonds. The number of rotatable bonds is 3. The molecule has 0 fully saturated rings. The van der Waals surface area contributed by atoms with Gasteiger partial charge in [0, 0.05) is 10.6 Å². The van der Waals surface area contributed by atoms with Gasteiger partial charge in [0.25, 0.3) is 0 Å². The van der Waals surface area contributed by atoms with Crippen molar-refractivity contribution in [2.75, 3.05) is 0 Å². The molecule has 0 saturated carbocycles. The van der Waals surface area contributed by atoms with E-state index in [1.807, 2.05) is 0 Å². The van der Waals surface area contributed by atoms with E-state index < -0.39 is 5.97 Å². The fourth-order valence-electron chi connectivity index (χ4n) is 1.34. The van der Waals surface area contributed by atoms with Crippen LogP contribution in [-0.2, 0) is 6.61 Å². The molecule has 0 bridgehead atoms. The van der Waals surface area contributed by atoms with Gasteiger partial charge in [-0.2, -0.15) is 0 Å². The number of hydrogen-bond acceptors (Lipinski definition) is 4. The summed E-state index contributed by atoms with van der Waals surface area (Å²) in [6, 6.07) is 6.93. The summed E-state index contributed by atoms with van der Waals surface area (Å²) in [5.74, 6) is -1.08. The van der Waals surface area contributed by atoms with Gasteiger partial charge in [0.2, 0.25) is 0 Å². The highest BCUT2D eigenvalue weighted by Gasteiger charge is 2.17. The van der Waals surface area contributed by atoms with Gasteiger partial charge in [-0.15, -0.1) is 11.3 Å². The van der Waals surface area contributed by atoms with E-state index in [9.17, 15) is 4.79 Å². The predicted octanol–water partition coefficient (Wildman–Crippen LogP) is 2.65. The van der Waals surface area contributed by atoms with Crippen LogP contribution in [0.4, 0.5) is 0 Å². The Morgan fingerprint density at radius 2 is 2.00 bits per heavy atom. The average molecular weight is 270 g/mol. The van der Waals surface area contributed by atoms with Crippen molar-refractivity contribution in [1.29, 1.82) is 0 Å². The predicted molar refractivity (Wildman–Crippen MR) is 65.4 cm³/mol. The lowest BCUT2D eigenvalue weighted by atomic mass is 10.2. The molecule has 6 heteroatoms. The van der Waals surface area contributed by atoms with Crippen molar-refractivity contribution in [1.82, 2.24) is 4.98 Å². The van der Waals surface area contributed by atoms with Crippen molar-refractivity contribution in [2.45, 2.75) is 6.61 Å². The van der Waals surface area contributed by atoms with Crippen molar-refractivity contribution in [3.63, 3.8) is 0 Å². The van der Waals surface area contributed by atoms with E-state index in [2.05, 4.69) is 4.98 Å². The van der Waals surface area contributed by atoms with Crippen LogP contribution in [-0.4, -0.2) is 21.2 Å². The molecule has 0 aliphatic carbocycles. The van der Waals surface area contributed by atoms with Gasteiger partial charge in [0.15, 0.2) is 0 Å². The Bertz CT molecular complexity index is 550. The summed E-state index contributed by atoms with van der Waals surface area (Å²) in [6.45, 7) is -0.383. The molecule has 0 radical (unpaired) electrons. The van der Waals surface area contributed by atoms with E-state index in [4.69, 9.17) is 21.8 Å². The quantitative estimate of drug-likeness (QED) is 0.899. The fraction of sp³-hybridized carbons (Fsp3) is 0.0909. The highest BCUT2D eigenvalue weighted by atomic mass is 35.5. The van der Waals surface area contributed by atoms with Crippen LogP contribution in [0.25, 0.3) is 10.6 Å². The molecule has 1 heterocycles. The minimum Gasteiger partial charge on any atom is -0.477 e. The van der Waals surface area contributed by atoms with Crippen LogP contribution in [0.15, 0.2) is 24.3 Å². The first kappa shape index (κ1) is 12.0. The molecule has 0 aliphatic rings. The molecule has 1 aromatic heterocycles. The number of thiazole rings is 1. The summed E-state index contributed by atoms with van der Waals surface area (Å²) >= 11 is 6.80. The van der Waals surface area contributed by atoms with E-state index in [1.165, 1.54) is 0 Å². The molecule has 0 spiro atoms. The molecule has 17 heavy (non-hydrogen) atoms. The number of carboxylic acid groups (broad SMARTS) is 1. The minimum absolute atomic E-state index is 0.0671. The van der Waals surface area contributed by atoms with Crippen LogP contribution in [0.3, 0.4) is 0 Å². The van der Waals surface area contributed by atoms with Gasteiger partial charge in [-0.1, -0.05) is 23.7 Å². The highest BCUT2D eigenvalue weighted by molar-refractivity contribution is 7.17. The lowest BCUT2D eigenvalue weighted by Gasteiger charge is -1.95. The minimum atomic E-state index is -1.08. The van der Waals surface area contributed by atoms with E-state index in [0.29, 0.717) is 10.0 Å². The Morgan fingerprint density at radius 3 is 2.47 bits per heavy atom. The molecule has 0 saturated heterocycles. The van der Waals surface area contributed by atoms with E-state index >= 15 is 0 Å². The number of carbonyl (C=O) groups is 1. The molecule has 2 N–H and O–H groups in total. The first-order valence-electron chi connectivity index (χ1n) is 4.71. The Kier molecular flexibility index (Phi) is 3.42.